The molecule has 0 aliphatic heterocycles. The molecule has 3 aliphatic rings. The van der Waals surface area contributed by atoms with Gasteiger partial charge in [0.25, 0.3) is 0 Å². The minimum absolute atomic E-state index is 0.00110. The number of hydrogen-bond acceptors (Lipinski definition) is 6. The quantitative estimate of drug-likeness (QED) is 0.116. The van der Waals surface area contributed by atoms with E-state index in [2.05, 4.69) is 6.08 Å². The van der Waals surface area contributed by atoms with Gasteiger partial charge in [0.05, 0.1) is 28.8 Å². The summed E-state index contributed by atoms with van der Waals surface area (Å²) in [5.41, 5.74) is 0.353. The Hall–Kier alpha value is -6.20. The van der Waals surface area contributed by atoms with E-state index >= 15 is 0 Å². The fraction of sp³-hybridized carbons (Fsp3) is 0.286. The summed E-state index contributed by atoms with van der Waals surface area (Å²) in [5.74, 6) is -0.640. The van der Waals surface area contributed by atoms with E-state index in [1.807, 2.05) is 105 Å². The lowest BCUT2D eigenvalue weighted by Crippen LogP contribution is -2.54. The fourth-order valence-electron chi connectivity index (χ4n) is 10.4. The zero-order valence-electron chi connectivity index (χ0n) is 37.3. The van der Waals surface area contributed by atoms with Crippen LogP contribution in [0.1, 0.15) is 96.7 Å². The monoisotopic (exact) mass is 925 g/mol. The van der Waals surface area contributed by atoms with Crippen molar-refractivity contribution in [2.24, 2.45) is 5.41 Å². The Labute approximate surface area is 392 Å². The van der Waals surface area contributed by atoms with E-state index in [1.54, 1.807) is 17.0 Å². The van der Waals surface area contributed by atoms with Crippen LogP contribution in [-0.2, 0) is 19.1 Å². The first kappa shape index (κ1) is 45.9. The third-order valence-corrected chi connectivity index (χ3v) is 14.5. The van der Waals surface area contributed by atoms with Crippen LogP contribution in [0.25, 0.3) is 32.9 Å². The highest BCUT2D eigenvalue weighted by Gasteiger charge is 2.58. The maximum atomic E-state index is 14.8. The number of carbonyl (C=O) groups excluding carboxylic acids is 2. The Morgan fingerprint density at radius 1 is 0.851 bits per heavy atom. The highest BCUT2D eigenvalue weighted by molar-refractivity contribution is 6.33. The van der Waals surface area contributed by atoms with Crippen LogP contribution in [0, 0.1) is 5.41 Å². The van der Waals surface area contributed by atoms with Crippen molar-refractivity contribution in [2.45, 2.75) is 89.1 Å². The maximum absolute atomic E-state index is 14.8. The van der Waals surface area contributed by atoms with Crippen molar-refractivity contribution >= 4 is 45.0 Å². The number of alkyl halides is 3. The molecule has 0 spiro atoms. The molecule has 344 valence electrons. The number of allylic oxidation sites excluding steroid dienone is 2. The molecule has 6 aromatic carbocycles. The molecule has 0 radical (unpaired) electrons. The van der Waals surface area contributed by atoms with Gasteiger partial charge in [-0.3, -0.25) is 4.79 Å². The van der Waals surface area contributed by atoms with Gasteiger partial charge >= 0.3 is 12.3 Å². The van der Waals surface area contributed by atoms with Gasteiger partial charge in [-0.05, 0) is 145 Å². The van der Waals surface area contributed by atoms with E-state index in [4.69, 9.17) is 20.8 Å². The van der Waals surface area contributed by atoms with Crippen LogP contribution < -0.4 is 4.74 Å². The molecule has 7 nitrogen and oxygen atoms in total. The van der Waals surface area contributed by atoms with Crippen molar-refractivity contribution in [3.8, 4) is 17.1 Å². The SMILES string of the molecule is CC1=CCCC2(C)C(CCC2(O)CN(Cc2cccc3ccccc23)C(=O)Oc2ccc3ccccc3c2)c2ccc(cc2C(=O)c2ccc(-c3cc(C(F)(F)F)ccc3Cl)o2)CC(O)CC1. The number of ketones is 1. The number of carbonyl (C=O) groups is 2. The Morgan fingerprint density at radius 3 is 2.42 bits per heavy atom. The molecule has 11 heteroatoms. The highest BCUT2D eigenvalue weighted by Crippen LogP contribution is 2.59. The second kappa shape index (κ2) is 18.5. The molecule has 2 bridgehead atoms. The number of fused-ring (bicyclic) bond motifs is 10. The average molecular weight is 926 g/mol. The molecule has 1 heterocycles. The third kappa shape index (κ3) is 9.40. The molecule has 2 N–H and O–H groups in total. The predicted molar refractivity (Wildman–Crippen MR) is 255 cm³/mol. The maximum Gasteiger partial charge on any atom is 0.416 e. The van der Waals surface area contributed by atoms with E-state index in [0.29, 0.717) is 55.4 Å². The van der Waals surface area contributed by atoms with Crippen LogP contribution in [0.3, 0.4) is 0 Å². The van der Waals surface area contributed by atoms with E-state index in [0.717, 1.165) is 56.4 Å². The summed E-state index contributed by atoms with van der Waals surface area (Å²) in [5, 5.41) is 28.5. The number of hydrogen-bond donors (Lipinski definition) is 2. The summed E-state index contributed by atoms with van der Waals surface area (Å²) in [4.78, 5) is 31.1. The van der Waals surface area contributed by atoms with Crippen LogP contribution in [0.5, 0.6) is 5.75 Å². The van der Waals surface area contributed by atoms with Gasteiger partial charge in [0.2, 0.25) is 5.78 Å². The van der Waals surface area contributed by atoms with Gasteiger partial charge in [-0.1, -0.05) is 115 Å². The molecule has 4 unspecified atom stereocenters. The van der Waals surface area contributed by atoms with Crippen molar-refractivity contribution in [1.29, 1.82) is 0 Å². The zero-order chi connectivity index (χ0) is 47.1. The molecular weight excluding hydrogens is 875 g/mol. The average Bonchev–Trinajstić information content (AvgIpc) is 3.90. The number of amides is 1. The fourth-order valence-corrected chi connectivity index (χ4v) is 10.6. The molecule has 3 aliphatic carbocycles. The van der Waals surface area contributed by atoms with Crippen LogP contribution >= 0.6 is 11.6 Å². The Morgan fingerprint density at radius 2 is 1.61 bits per heavy atom. The van der Waals surface area contributed by atoms with Crippen LogP contribution in [0.4, 0.5) is 18.0 Å². The van der Waals surface area contributed by atoms with Gasteiger partial charge in [0.15, 0.2) is 5.76 Å². The number of furan rings is 1. The Kier molecular flexibility index (Phi) is 12.7. The number of aliphatic hydroxyl groups is 2. The van der Waals surface area contributed by atoms with Gasteiger partial charge in [-0.25, -0.2) is 4.79 Å². The van der Waals surface area contributed by atoms with Crippen molar-refractivity contribution in [2.75, 3.05) is 6.54 Å². The van der Waals surface area contributed by atoms with Gasteiger partial charge < -0.3 is 24.3 Å². The molecule has 0 saturated heterocycles. The van der Waals surface area contributed by atoms with Crippen LogP contribution in [-0.4, -0.2) is 45.2 Å². The minimum Gasteiger partial charge on any atom is -0.453 e. The first-order valence-electron chi connectivity index (χ1n) is 22.7. The lowest BCUT2D eigenvalue weighted by atomic mass is 9.64. The van der Waals surface area contributed by atoms with E-state index in [-0.39, 0.29) is 41.6 Å². The van der Waals surface area contributed by atoms with Crippen molar-refractivity contribution in [3.05, 3.63) is 184 Å². The first-order valence-corrected chi connectivity index (χ1v) is 23.1. The Balaban J connectivity index is 1.11. The van der Waals surface area contributed by atoms with E-state index in [1.165, 1.54) is 12.1 Å². The summed E-state index contributed by atoms with van der Waals surface area (Å²) in [7, 11) is 0. The second-order valence-electron chi connectivity index (χ2n) is 18.5. The zero-order valence-corrected chi connectivity index (χ0v) is 38.0. The molecular formula is C56H51ClF3NO6. The molecule has 1 fully saturated rings. The summed E-state index contributed by atoms with van der Waals surface area (Å²) >= 11 is 6.39. The van der Waals surface area contributed by atoms with Crippen LogP contribution in [0.2, 0.25) is 5.02 Å². The minimum atomic E-state index is -4.63. The summed E-state index contributed by atoms with van der Waals surface area (Å²) < 4.78 is 53.4. The van der Waals surface area contributed by atoms with Crippen molar-refractivity contribution in [1.82, 2.24) is 4.90 Å². The summed E-state index contributed by atoms with van der Waals surface area (Å²) in [6.07, 6.45) is -0.504. The number of rotatable bonds is 8. The molecule has 7 aromatic rings. The Bertz CT molecular complexity index is 3030. The first-order chi connectivity index (χ1) is 32.1. The van der Waals surface area contributed by atoms with Gasteiger partial charge in [-0.2, -0.15) is 13.2 Å². The molecule has 1 amide bonds. The third-order valence-electron chi connectivity index (χ3n) is 14.2. The van der Waals surface area contributed by atoms with Crippen molar-refractivity contribution in [3.63, 3.8) is 0 Å². The molecule has 1 saturated carbocycles. The normalized spacial score (nSPS) is 21.2. The lowest BCUT2D eigenvalue weighted by molar-refractivity contribution is -0.137. The van der Waals surface area contributed by atoms with Crippen molar-refractivity contribution < 1.29 is 42.1 Å². The summed E-state index contributed by atoms with van der Waals surface area (Å²) in [6.45, 7) is 4.15. The number of halogens is 4. The number of ether oxygens (including phenoxy) is 1. The van der Waals surface area contributed by atoms with Gasteiger partial charge in [-0.15, -0.1) is 0 Å². The number of aliphatic hydroxyl groups excluding tert-OH is 1. The summed E-state index contributed by atoms with van der Waals surface area (Å²) in [6, 6.07) is 38.6. The lowest BCUT2D eigenvalue weighted by Gasteiger charge is -2.46. The molecule has 4 atom stereocenters. The standard InChI is InChI=1S/C56H51ClF3NO6/c1-35-9-8-27-54(2)48(45-22-17-36(29-42(62)20-16-35)30-46(45)52(63)51-25-24-50(67-51)47-32-41(56(58,59)60)19-23-49(47)57)26-28-55(54,65)34-61(33-40-14-7-13-38-11-5-6-15-44(38)40)53(64)66-43-21-18-37-10-3-4-12-39(37)31-43/h3-7,9-15,17-19,21-25,30-32,42,48,62,65H,8,16,20,26-29,33-34H2,1-2H3. The number of nitrogens with zero attached hydrogens (tertiary/aromatic N) is 1. The predicted octanol–water partition coefficient (Wildman–Crippen LogP) is 13.9. The van der Waals surface area contributed by atoms with Gasteiger partial charge in [0, 0.05) is 23.1 Å². The van der Waals surface area contributed by atoms with Gasteiger partial charge in [0.1, 0.15) is 11.5 Å². The highest BCUT2D eigenvalue weighted by atomic mass is 35.5. The molecule has 1 aromatic heterocycles. The molecule has 10 rings (SSSR count). The second-order valence-corrected chi connectivity index (χ2v) is 18.9. The van der Waals surface area contributed by atoms with E-state index < -0.39 is 46.7 Å². The van der Waals surface area contributed by atoms with Crippen LogP contribution in [0.15, 0.2) is 150 Å². The largest absolute Gasteiger partial charge is 0.453 e. The smallest absolute Gasteiger partial charge is 0.416 e. The number of benzene rings is 6. The molecule has 67 heavy (non-hydrogen) atoms. The van der Waals surface area contributed by atoms with E-state index in [9.17, 15) is 33.0 Å². The topological polar surface area (TPSA) is 100 Å².